The number of amides is 1. The van der Waals surface area contributed by atoms with Crippen LogP contribution in [-0.2, 0) is 14.3 Å². The van der Waals surface area contributed by atoms with Gasteiger partial charge < -0.3 is 14.8 Å². The Balaban J connectivity index is 2.14. The number of carbonyl (C=O) groups is 1. The van der Waals surface area contributed by atoms with Crippen LogP contribution in [0.25, 0.3) is 0 Å². The Hall–Kier alpha value is -0.650. The van der Waals surface area contributed by atoms with Crippen molar-refractivity contribution in [2.24, 2.45) is 10.8 Å². The zero-order valence-corrected chi connectivity index (χ0v) is 16.6. The average molecular weight is 343 g/mol. The normalized spacial score (nSPS) is 20.2. The van der Waals surface area contributed by atoms with E-state index in [0.29, 0.717) is 12.0 Å². The molecule has 0 aromatic heterocycles. The molecule has 1 atom stereocenters. The molecular weight excluding hydrogens is 304 g/mol. The SMILES string of the molecule is CC(C)(C)CCCOCCN1CCO[C@H](CNC(=O)C(C)(C)C)C1. The number of ether oxygens (including phenoxy) is 2. The summed E-state index contributed by atoms with van der Waals surface area (Å²) < 4.78 is 11.5. The van der Waals surface area contributed by atoms with Gasteiger partial charge >= 0.3 is 0 Å². The Morgan fingerprint density at radius 3 is 2.54 bits per heavy atom. The maximum atomic E-state index is 11.9. The van der Waals surface area contributed by atoms with Crippen LogP contribution in [-0.4, -0.2) is 62.9 Å². The lowest BCUT2D eigenvalue weighted by molar-refractivity contribution is -0.129. The van der Waals surface area contributed by atoms with E-state index in [1.54, 1.807) is 0 Å². The highest BCUT2D eigenvalue weighted by Gasteiger charge is 2.24. The van der Waals surface area contributed by atoms with Crippen LogP contribution in [0.3, 0.4) is 0 Å². The molecule has 5 heteroatoms. The van der Waals surface area contributed by atoms with Crippen LogP contribution in [0.5, 0.6) is 0 Å². The summed E-state index contributed by atoms with van der Waals surface area (Å²) in [6, 6.07) is 0. The van der Waals surface area contributed by atoms with Crippen LogP contribution in [0.2, 0.25) is 0 Å². The van der Waals surface area contributed by atoms with Gasteiger partial charge in [-0.25, -0.2) is 0 Å². The Kier molecular flexibility index (Phi) is 8.68. The number of carbonyl (C=O) groups excluding carboxylic acids is 1. The molecular formula is C19H38N2O3. The monoisotopic (exact) mass is 342 g/mol. The van der Waals surface area contributed by atoms with E-state index < -0.39 is 0 Å². The van der Waals surface area contributed by atoms with Crippen molar-refractivity contribution < 1.29 is 14.3 Å². The standard InChI is InChI=1S/C19H38N2O3/c1-18(2,3)8-7-11-23-12-9-21-10-13-24-16(15-21)14-20-17(22)19(4,5)6/h16H,7-15H2,1-6H3,(H,20,22)/t16-/m1/s1. The van der Waals surface area contributed by atoms with Gasteiger partial charge in [0.2, 0.25) is 5.91 Å². The summed E-state index contributed by atoms with van der Waals surface area (Å²) >= 11 is 0. The minimum atomic E-state index is -0.352. The molecule has 1 aliphatic rings. The number of hydrogen-bond donors (Lipinski definition) is 1. The highest BCUT2D eigenvalue weighted by molar-refractivity contribution is 5.81. The molecule has 24 heavy (non-hydrogen) atoms. The minimum absolute atomic E-state index is 0.0744. The fourth-order valence-electron chi connectivity index (χ4n) is 2.58. The molecule has 0 saturated carbocycles. The molecule has 0 unspecified atom stereocenters. The lowest BCUT2D eigenvalue weighted by Gasteiger charge is -2.33. The van der Waals surface area contributed by atoms with Crippen molar-refractivity contribution in [3.8, 4) is 0 Å². The second kappa shape index (κ2) is 9.73. The van der Waals surface area contributed by atoms with Gasteiger partial charge in [-0.15, -0.1) is 0 Å². The molecule has 1 amide bonds. The van der Waals surface area contributed by atoms with Crippen LogP contribution >= 0.6 is 0 Å². The molecule has 1 rings (SSSR count). The largest absolute Gasteiger partial charge is 0.380 e. The summed E-state index contributed by atoms with van der Waals surface area (Å²) in [5.41, 5.74) is 0.0352. The predicted octanol–water partition coefficient (Wildman–Crippen LogP) is 2.69. The van der Waals surface area contributed by atoms with Crippen molar-refractivity contribution in [1.29, 1.82) is 0 Å². The Labute approximate surface area is 148 Å². The van der Waals surface area contributed by atoms with Crippen LogP contribution in [0, 0.1) is 10.8 Å². The quantitative estimate of drug-likeness (QED) is 0.689. The first-order valence-electron chi connectivity index (χ1n) is 9.28. The summed E-state index contributed by atoms with van der Waals surface area (Å²) in [6.45, 7) is 18.2. The molecule has 1 fully saturated rings. The Bertz CT molecular complexity index is 372. The van der Waals surface area contributed by atoms with E-state index in [9.17, 15) is 4.79 Å². The zero-order chi connectivity index (χ0) is 18.2. The van der Waals surface area contributed by atoms with E-state index in [1.165, 1.54) is 6.42 Å². The van der Waals surface area contributed by atoms with Crippen molar-refractivity contribution in [2.75, 3.05) is 46.0 Å². The lowest BCUT2D eigenvalue weighted by atomic mass is 9.91. The van der Waals surface area contributed by atoms with Gasteiger partial charge in [0.15, 0.2) is 0 Å². The summed E-state index contributed by atoms with van der Waals surface area (Å²) in [5.74, 6) is 0.0744. The molecule has 0 radical (unpaired) electrons. The smallest absolute Gasteiger partial charge is 0.225 e. The summed E-state index contributed by atoms with van der Waals surface area (Å²) in [6.07, 6.45) is 2.39. The van der Waals surface area contributed by atoms with Crippen molar-refractivity contribution in [3.05, 3.63) is 0 Å². The second-order valence-electron chi connectivity index (χ2n) is 9.03. The van der Waals surface area contributed by atoms with Gasteiger partial charge in [0.1, 0.15) is 0 Å². The fraction of sp³-hybridized carbons (Fsp3) is 0.947. The van der Waals surface area contributed by atoms with E-state index in [2.05, 4.69) is 31.0 Å². The van der Waals surface area contributed by atoms with Crippen LogP contribution < -0.4 is 5.32 Å². The molecule has 0 spiro atoms. The third-order valence-electron chi connectivity index (χ3n) is 4.16. The third kappa shape index (κ3) is 9.60. The first-order chi connectivity index (χ1) is 11.1. The van der Waals surface area contributed by atoms with Gasteiger partial charge in [-0.3, -0.25) is 9.69 Å². The van der Waals surface area contributed by atoms with E-state index >= 15 is 0 Å². The molecule has 0 aliphatic carbocycles. The average Bonchev–Trinajstić information content (AvgIpc) is 2.46. The van der Waals surface area contributed by atoms with E-state index in [4.69, 9.17) is 9.47 Å². The number of nitrogens with one attached hydrogen (secondary N) is 1. The lowest BCUT2D eigenvalue weighted by Crippen LogP contribution is -2.49. The summed E-state index contributed by atoms with van der Waals surface area (Å²) in [5, 5.41) is 2.99. The van der Waals surface area contributed by atoms with E-state index in [1.807, 2.05) is 20.8 Å². The third-order valence-corrected chi connectivity index (χ3v) is 4.16. The van der Waals surface area contributed by atoms with Crippen LogP contribution in [0.4, 0.5) is 0 Å². The van der Waals surface area contributed by atoms with Gasteiger partial charge in [-0.2, -0.15) is 0 Å². The molecule has 0 aromatic carbocycles. The number of rotatable bonds is 8. The molecule has 1 saturated heterocycles. The predicted molar refractivity (Wildman–Crippen MR) is 98.2 cm³/mol. The highest BCUT2D eigenvalue weighted by Crippen LogP contribution is 2.20. The van der Waals surface area contributed by atoms with Crippen molar-refractivity contribution in [2.45, 2.75) is 60.5 Å². The minimum Gasteiger partial charge on any atom is -0.380 e. The number of morpholine rings is 1. The number of nitrogens with zero attached hydrogens (tertiary/aromatic N) is 1. The van der Waals surface area contributed by atoms with Gasteiger partial charge in [0, 0.05) is 38.2 Å². The second-order valence-corrected chi connectivity index (χ2v) is 9.03. The van der Waals surface area contributed by atoms with E-state index in [-0.39, 0.29) is 17.4 Å². The Morgan fingerprint density at radius 2 is 1.92 bits per heavy atom. The van der Waals surface area contributed by atoms with E-state index in [0.717, 1.165) is 45.9 Å². The molecule has 1 heterocycles. The molecule has 1 aliphatic heterocycles. The zero-order valence-electron chi connectivity index (χ0n) is 16.6. The maximum absolute atomic E-state index is 11.9. The summed E-state index contributed by atoms with van der Waals surface area (Å²) in [7, 11) is 0. The van der Waals surface area contributed by atoms with Gasteiger partial charge in [-0.05, 0) is 18.3 Å². The Morgan fingerprint density at radius 1 is 1.21 bits per heavy atom. The first kappa shape index (κ1) is 21.4. The topological polar surface area (TPSA) is 50.8 Å². The number of hydrogen-bond acceptors (Lipinski definition) is 4. The maximum Gasteiger partial charge on any atom is 0.225 e. The van der Waals surface area contributed by atoms with Crippen molar-refractivity contribution >= 4 is 5.91 Å². The van der Waals surface area contributed by atoms with Gasteiger partial charge in [0.05, 0.1) is 19.3 Å². The van der Waals surface area contributed by atoms with Crippen molar-refractivity contribution in [1.82, 2.24) is 10.2 Å². The first-order valence-corrected chi connectivity index (χ1v) is 9.28. The van der Waals surface area contributed by atoms with Crippen LogP contribution in [0.1, 0.15) is 54.4 Å². The highest BCUT2D eigenvalue weighted by atomic mass is 16.5. The fourth-order valence-corrected chi connectivity index (χ4v) is 2.58. The van der Waals surface area contributed by atoms with Crippen molar-refractivity contribution in [3.63, 3.8) is 0 Å². The summed E-state index contributed by atoms with van der Waals surface area (Å²) in [4.78, 5) is 14.3. The molecule has 5 nitrogen and oxygen atoms in total. The van der Waals surface area contributed by atoms with Gasteiger partial charge in [-0.1, -0.05) is 41.5 Å². The molecule has 0 bridgehead atoms. The van der Waals surface area contributed by atoms with Crippen LogP contribution in [0.15, 0.2) is 0 Å². The molecule has 0 aromatic rings. The molecule has 142 valence electrons. The molecule has 1 N–H and O–H groups in total. The van der Waals surface area contributed by atoms with Gasteiger partial charge in [0.25, 0.3) is 0 Å².